The number of nitrogens with one attached hydrogen (secondary N) is 2. The zero-order valence-corrected chi connectivity index (χ0v) is 14.5. The Hall–Kier alpha value is -0.770. The first kappa shape index (κ1) is 16.1. The lowest BCUT2D eigenvalue weighted by atomic mass is 9.89. The van der Waals surface area contributed by atoms with Crippen molar-refractivity contribution in [1.29, 1.82) is 0 Å². The maximum absolute atomic E-state index is 4.44. The van der Waals surface area contributed by atoms with Crippen LogP contribution in [0.5, 0.6) is 0 Å². The molecule has 1 aliphatic heterocycles. The summed E-state index contributed by atoms with van der Waals surface area (Å²) < 4.78 is 0. The van der Waals surface area contributed by atoms with Crippen molar-refractivity contribution in [2.75, 3.05) is 26.7 Å². The van der Waals surface area contributed by atoms with Gasteiger partial charge in [0.2, 0.25) is 0 Å². The summed E-state index contributed by atoms with van der Waals surface area (Å²) in [5.41, 5.74) is 0.475. The number of guanidine groups is 1. The van der Waals surface area contributed by atoms with E-state index in [-0.39, 0.29) is 0 Å². The summed E-state index contributed by atoms with van der Waals surface area (Å²) >= 11 is 0. The predicted octanol–water partition coefficient (Wildman–Crippen LogP) is 2.75. The number of aliphatic imine (C=N–C) groups is 1. The maximum Gasteiger partial charge on any atom is 0.191 e. The van der Waals surface area contributed by atoms with Crippen molar-refractivity contribution in [3.8, 4) is 0 Å². The molecule has 22 heavy (non-hydrogen) atoms. The van der Waals surface area contributed by atoms with Crippen LogP contribution in [-0.4, -0.2) is 49.6 Å². The van der Waals surface area contributed by atoms with E-state index in [1.165, 1.54) is 70.9 Å². The van der Waals surface area contributed by atoms with Crippen LogP contribution in [0.2, 0.25) is 0 Å². The zero-order valence-electron chi connectivity index (χ0n) is 14.5. The highest BCUT2D eigenvalue weighted by molar-refractivity contribution is 5.80. The summed E-state index contributed by atoms with van der Waals surface area (Å²) in [6.45, 7) is 5.93. The summed E-state index contributed by atoms with van der Waals surface area (Å²) in [4.78, 5) is 7.15. The summed E-state index contributed by atoms with van der Waals surface area (Å²) in [6, 6.07) is 1.43. The molecule has 0 amide bonds. The fourth-order valence-electron chi connectivity index (χ4n) is 4.60. The minimum absolute atomic E-state index is 0.475. The van der Waals surface area contributed by atoms with Crippen LogP contribution in [0.25, 0.3) is 0 Å². The van der Waals surface area contributed by atoms with Crippen LogP contribution in [0, 0.1) is 5.41 Å². The molecule has 1 atom stereocenters. The van der Waals surface area contributed by atoms with Gasteiger partial charge in [-0.3, -0.25) is 9.89 Å². The Morgan fingerprint density at radius 3 is 2.55 bits per heavy atom. The van der Waals surface area contributed by atoms with Gasteiger partial charge in [-0.25, -0.2) is 0 Å². The van der Waals surface area contributed by atoms with Crippen molar-refractivity contribution < 1.29 is 0 Å². The zero-order chi connectivity index (χ0) is 15.4. The molecular weight excluding hydrogens is 272 g/mol. The van der Waals surface area contributed by atoms with E-state index in [1.54, 1.807) is 0 Å². The van der Waals surface area contributed by atoms with Gasteiger partial charge in [-0.15, -0.1) is 0 Å². The molecule has 3 aliphatic rings. The number of likely N-dealkylation sites (tertiary alicyclic amines) is 1. The van der Waals surface area contributed by atoms with Crippen molar-refractivity contribution >= 4 is 5.96 Å². The summed E-state index contributed by atoms with van der Waals surface area (Å²) in [7, 11) is 1.90. The van der Waals surface area contributed by atoms with E-state index < -0.39 is 0 Å². The van der Waals surface area contributed by atoms with Crippen molar-refractivity contribution in [1.82, 2.24) is 15.5 Å². The molecule has 3 fully saturated rings. The molecule has 1 unspecified atom stereocenters. The number of rotatable bonds is 4. The first-order valence-electron chi connectivity index (χ1n) is 9.40. The van der Waals surface area contributed by atoms with Gasteiger partial charge in [0.05, 0.1) is 0 Å². The van der Waals surface area contributed by atoms with Gasteiger partial charge >= 0.3 is 0 Å². The van der Waals surface area contributed by atoms with E-state index >= 15 is 0 Å². The molecule has 1 saturated heterocycles. The Morgan fingerprint density at radius 2 is 1.86 bits per heavy atom. The highest BCUT2D eigenvalue weighted by Gasteiger charge is 2.31. The maximum atomic E-state index is 4.44. The van der Waals surface area contributed by atoms with Crippen LogP contribution in [0.15, 0.2) is 4.99 Å². The Kier molecular flexibility index (Phi) is 5.27. The Bertz CT molecular complexity index is 381. The van der Waals surface area contributed by atoms with Gasteiger partial charge in [-0.05, 0) is 37.5 Å². The van der Waals surface area contributed by atoms with Gasteiger partial charge < -0.3 is 10.6 Å². The molecule has 0 bridgehead atoms. The molecule has 0 aromatic rings. The van der Waals surface area contributed by atoms with Crippen LogP contribution in [0.4, 0.5) is 0 Å². The topological polar surface area (TPSA) is 39.7 Å². The third kappa shape index (κ3) is 3.95. The Balaban J connectivity index is 1.43. The predicted molar refractivity (Wildman–Crippen MR) is 93.3 cm³/mol. The first-order chi connectivity index (χ1) is 10.7. The number of nitrogens with zero attached hydrogens (tertiary/aromatic N) is 2. The summed E-state index contributed by atoms with van der Waals surface area (Å²) in [5.74, 6) is 1.01. The molecule has 0 radical (unpaired) electrons. The van der Waals surface area contributed by atoms with Crippen molar-refractivity contribution in [3.63, 3.8) is 0 Å². The summed E-state index contributed by atoms with van der Waals surface area (Å²) in [5, 5.41) is 7.24. The second kappa shape index (κ2) is 7.20. The van der Waals surface area contributed by atoms with E-state index in [4.69, 9.17) is 0 Å². The fraction of sp³-hybridized carbons (Fsp3) is 0.944. The molecule has 1 heterocycles. The molecule has 0 spiro atoms. The Labute approximate surface area is 136 Å². The molecule has 2 saturated carbocycles. The van der Waals surface area contributed by atoms with Gasteiger partial charge in [0.25, 0.3) is 0 Å². The van der Waals surface area contributed by atoms with Crippen LogP contribution in [0.3, 0.4) is 0 Å². The van der Waals surface area contributed by atoms with Gasteiger partial charge in [-0.1, -0.05) is 32.6 Å². The van der Waals surface area contributed by atoms with Crippen LogP contribution < -0.4 is 10.6 Å². The van der Waals surface area contributed by atoms with Gasteiger partial charge in [0.15, 0.2) is 5.96 Å². The largest absolute Gasteiger partial charge is 0.356 e. The summed E-state index contributed by atoms with van der Waals surface area (Å²) in [6.07, 6.45) is 12.4. The molecule has 2 N–H and O–H groups in total. The second-order valence-corrected chi connectivity index (χ2v) is 8.01. The number of hydrogen-bond acceptors (Lipinski definition) is 2. The van der Waals surface area contributed by atoms with E-state index in [0.29, 0.717) is 11.5 Å². The lowest BCUT2D eigenvalue weighted by Gasteiger charge is -2.27. The standard InChI is InChI=1S/C18H34N4/c1-18(10-5-6-11-18)14-20-17(19-2)21-15-9-12-22(13-15)16-7-3-4-8-16/h15-16H,3-14H2,1-2H3,(H2,19,20,21). The molecule has 126 valence electrons. The second-order valence-electron chi connectivity index (χ2n) is 8.01. The van der Waals surface area contributed by atoms with Crippen LogP contribution in [-0.2, 0) is 0 Å². The molecule has 2 aliphatic carbocycles. The molecule has 0 aromatic carbocycles. The molecule has 3 rings (SSSR count). The first-order valence-corrected chi connectivity index (χ1v) is 9.40. The van der Waals surface area contributed by atoms with E-state index in [9.17, 15) is 0 Å². The lowest BCUT2D eigenvalue weighted by Crippen LogP contribution is -2.47. The molecule has 4 heteroatoms. The highest BCUT2D eigenvalue weighted by Crippen LogP contribution is 2.36. The van der Waals surface area contributed by atoms with Crippen LogP contribution >= 0.6 is 0 Å². The SMILES string of the molecule is CN=C(NCC1(C)CCCC1)NC1CCN(C2CCCC2)C1. The highest BCUT2D eigenvalue weighted by atomic mass is 15.3. The molecule has 4 nitrogen and oxygen atoms in total. The van der Waals surface area contributed by atoms with Crippen molar-refractivity contribution in [2.45, 2.75) is 76.8 Å². The van der Waals surface area contributed by atoms with Crippen LogP contribution in [0.1, 0.15) is 64.7 Å². The minimum atomic E-state index is 0.475. The van der Waals surface area contributed by atoms with Gasteiger partial charge in [0, 0.05) is 38.8 Å². The molecule has 0 aromatic heterocycles. The van der Waals surface area contributed by atoms with Crippen molar-refractivity contribution in [3.05, 3.63) is 0 Å². The lowest BCUT2D eigenvalue weighted by molar-refractivity contribution is 0.242. The van der Waals surface area contributed by atoms with Crippen molar-refractivity contribution in [2.24, 2.45) is 10.4 Å². The minimum Gasteiger partial charge on any atom is -0.356 e. The normalized spacial score (nSPS) is 30.1. The monoisotopic (exact) mass is 306 g/mol. The third-order valence-corrected chi connectivity index (χ3v) is 6.12. The van der Waals surface area contributed by atoms with Gasteiger partial charge in [0.1, 0.15) is 0 Å². The van der Waals surface area contributed by atoms with Gasteiger partial charge in [-0.2, -0.15) is 0 Å². The van der Waals surface area contributed by atoms with E-state index in [2.05, 4.69) is 27.4 Å². The quantitative estimate of drug-likeness (QED) is 0.620. The Morgan fingerprint density at radius 1 is 1.14 bits per heavy atom. The number of hydrogen-bond donors (Lipinski definition) is 2. The average Bonchev–Trinajstić information content (AvgIpc) is 3.25. The fourth-order valence-corrected chi connectivity index (χ4v) is 4.60. The van der Waals surface area contributed by atoms with E-state index in [0.717, 1.165) is 18.5 Å². The van der Waals surface area contributed by atoms with E-state index in [1.807, 2.05) is 7.05 Å². The third-order valence-electron chi connectivity index (χ3n) is 6.12. The smallest absolute Gasteiger partial charge is 0.191 e. The average molecular weight is 306 g/mol. The molecular formula is C18H34N4.